The van der Waals surface area contributed by atoms with Crippen molar-refractivity contribution in [2.45, 2.75) is 0 Å². The van der Waals surface area contributed by atoms with Crippen molar-refractivity contribution in [2.75, 3.05) is 0 Å². The molecule has 1 aromatic rings. The SMILES string of the molecule is NC(N)=Nc1c([N+](=O)[O-])cccc1[N+](=O)[O-]. The van der Waals surface area contributed by atoms with Crippen LogP contribution in [-0.4, -0.2) is 15.8 Å². The zero-order valence-electron chi connectivity index (χ0n) is 7.86. The van der Waals surface area contributed by atoms with Crippen molar-refractivity contribution in [1.82, 2.24) is 0 Å². The van der Waals surface area contributed by atoms with Crippen LogP contribution in [0, 0.1) is 20.2 Å². The molecule has 16 heavy (non-hydrogen) atoms. The van der Waals surface area contributed by atoms with Crippen molar-refractivity contribution in [2.24, 2.45) is 16.5 Å². The summed E-state index contributed by atoms with van der Waals surface area (Å²) in [5.74, 6) is -0.489. The monoisotopic (exact) mass is 225 g/mol. The predicted octanol–water partition coefficient (Wildman–Crippen LogP) is 0.408. The fraction of sp³-hybridized carbons (Fsp3) is 0. The molecule has 0 atom stereocenters. The molecule has 0 aliphatic carbocycles. The number of nitrogens with two attached hydrogens (primary N) is 2. The Morgan fingerprint density at radius 3 is 1.88 bits per heavy atom. The summed E-state index contributed by atoms with van der Waals surface area (Å²) in [5, 5.41) is 21.2. The Kier molecular flexibility index (Phi) is 2.99. The molecule has 0 amide bonds. The topological polar surface area (TPSA) is 151 Å². The lowest BCUT2D eigenvalue weighted by Gasteiger charge is -1.99. The number of nitro groups is 2. The molecule has 9 nitrogen and oxygen atoms in total. The average molecular weight is 225 g/mol. The average Bonchev–Trinajstić information content (AvgIpc) is 2.16. The fourth-order valence-electron chi connectivity index (χ4n) is 1.06. The van der Waals surface area contributed by atoms with Gasteiger partial charge < -0.3 is 11.5 Å². The van der Waals surface area contributed by atoms with Gasteiger partial charge in [-0.3, -0.25) is 20.2 Å². The molecule has 84 valence electrons. The highest BCUT2D eigenvalue weighted by Crippen LogP contribution is 2.36. The molecule has 0 saturated carbocycles. The molecule has 1 rings (SSSR count). The standard InChI is InChI=1S/C7H7N5O4/c8-7(9)10-6-4(11(13)14)2-1-3-5(6)12(15)16/h1-3H,(H4,8,9,10). The van der Waals surface area contributed by atoms with Crippen LogP contribution in [0.15, 0.2) is 23.2 Å². The number of hydrogen-bond donors (Lipinski definition) is 2. The minimum Gasteiger partial charge on any atom is -0.370 e. The maximum atomic E-state index is 10.6. The molecular formula is C7H7N5O4. The van der Waals surface area contributed by atoms with Gasteiger partial charge in [-0.15, -0.1) is 0 Å². The number of nitro benzene ring substituents is 2. The molecule has 0 spiro atoms. The second-order valence-corrected chi connectivity index (χ2v) is 2.70. The maximum absolute atomic E-state index is 10.6. The molecule has 9 heteroatoms. The molecule has 0 unspecified atom stereocenters. The lowest BCUT2D eigenvalue weighted by Crippen LogP contribution is -2.22. The van der Waals surface area contributed by atoms with E-state index in [-0.39, 0.29) is 0 Å². The van der Waals surface area contributed by atoms with E-state index in [1.54, 1.807) is 0 Å². The summed E-state index contributed by atoms with van der Waals surface area (Å²) in [7, 11) is 0. The highest BCUT2D eigenvalue weighted by Gasteiger charge is 2.24. The first kappa shape index (κ1) is 11.4. The second-order valence-electron chi connectivity index (χ2n) is 2.70. The zero-order valence-corrected chi connectivity index (χ0v) is 7.86. The van der Waals surface area contributed by atoms with Crippen LogP contribution < -0.4 is 11.5 Å². The normalized spacial score (nSPS) is 9.50. The number of guanidine groups is 1. The van der Waals surface area contributed by atoms with Crippen LogP contribution in [0.25, 0.3) is 0 Å². The van der Waals surface area contributed by atoms with Gasteiger partial charge in [0.25, 0.3) is 0 Å². The summed E-state index contributed by atoms with van der Waals surface area (Å²) < 4.78 is 0. The van der Waals surface area contributed by atoms with Crippen LogP contribution in [0.3, 0.4) is 0 Å². The summed E-state index contributed by atoms with van der Waals surface area (Å²) in [5.41, 5.74) is 8.58. The third kappa shape index (κ3) is 2.20. The third-order valence-corrected chi connectivity index (χ3v) is 1.63. The summed E-state index contributed by atoms with van der Waals surface area (Å²) in [6.07, 6.45) is 0. The molecule has 0 aliphatic rings. The zero-order chi connectivity index (χ0) is 12.3. The first-order valence-corrected chi connectivity index (χ1v) is 3.95. The van der Waals surface area contributed by atoms with Crippen LogP contribution in [0.2, 0.25) is 0 Å². The van der Waals surface area contributed by atoms with Gasteiger partial charge in [0.2, 0.25) is 5.69 Å². The van der Waals surface area contributed by atoms with Gasteiger partial charge in [-0.1, -0.05) is 0 Å². The van der Waals surface area contributed by atoms with E-state index in [9.17, 15) is 20.2 Å². The van der Waals surface area contributed by atoms with Gasteiger partial charge in [0.15, 0.2) is 5.96 Å². The quantitative estimate of drug-likeness (QED) is 0.329. The molecular weight excluding hydrogens is 218 g/mol. The van der Waals surface area contributed by atoms with E-state index in [1.165, 1.54) is 6.07 Å². The maximum Gasteiger partial charge on any atom is 0.302 e. The summed E-state index contributed by atoms with van der Waals surface area (Å²) in [6, 6.07) is 3.34. The largest absolute Gasteiger partial charge is 0.370 e. The van der Waals surface area contributed by atoms with Crippen LogP contribution in [0.5, 0.6) is 0 Å². The molecule has 0 radical (unpaired) electrons. The minimum atomic E-state index is -0.797. The van der Waals surface area contributed by atoms with E-state index in [0.29, 0.717) is 0 Å². The molecule has 1 aromatic carbocycles. The number of aliphatic imine (C=N–C) groups is 1. The lowest BCUT2D eigenvalue weighted by molar-refractivity contribution is -0.392. The Labute approximate surface area is 88.7 Å². The first-order chi connectivity index (χ1) is 7.43. The Balaban J connectivity index is 3.53. The van der Waals surface area contributed by atoms with Gasteiger partial charge in [-0.2, -0.15) is 0 Å². The number of nitrogens with zero attached hydrogens (tertiary/aromatic N) is 3. The van der Waals surface area contributed by atoms with Gasteiger partial charge >= 0.3 is 11.4 Å². The third-order valence-electron chi connectivity index (χ3n) is 1.63. The molecule has 0 bridgehead atoms. The van der Waals surface area contributed by atoms with E-state index in [4.69, 9.17) is 11.5 Å². The van der Waals surface area contributed by atoms with Crippen molar-refractivity contribution < 1.29 is 9.85 Å². The Morgan fingerprint density at radius 2 is 1.56 bits per heavy atom. The predicted molar refractivity (Wildman–Crippen MR) is 55.2 cm³/mol. The van der Waals surface area contributed by atoms with Gasteiger partial charge in [-0.05, 0) is 6.07 Å². The van der Waals surface area contributed by atoms with Crippen LogP contribution in [0.1, 0.15) is 0 Å². The van der Waals surface area contributed by atoms with Crippen molar-refractivity contribution in [1.29, 1.82) is 0 Å². The van der Waals surface area contributed by atoms with E-state index < -0.39 is 32.9 Å². The van der Waals surface area contributed by atoms with Gasteiger partial charge in [-0.25, -0.2) is 4.99 Å². The highest BCUT2D eigenvalue weighted by atomic mass is 16.6. The number of benzene rings is 1. The van der Waals surface area contributed by atoms with E-state index >= 15 is 0 Å². The summed E-state index contributed by atoms with van der Waals surface area (Å²) >= 11 is 0. The minimum absolute atomic E-state index is 0.461. The van der Waals surface area contributed by atoms with Crippen LogP contribution >= 0.6 is 0 Å². The highest BCUT2D eigenvalue weighted by molar-refractivity contribution is 5.83. The van der Waals surface area contributed by atoms with Crippen molar-refractivity contribution >= 4 is 23.0 Å². The van der Waals surface area contributed by atoms with Crippen molar-refractivity contribution in [3.63, 3.8) is 0 Å². The first-order valence-electron chi connectivity index (χ1n) is 3.95. The van der Waals surface area contributed by atoms with E-state index in [0.717, 1.165) is 12.1 Å². The van der Waals surface area contributed by atoms with Crippen molar-refractivity contribution in [3.05, 3.63) is 38.4 Å². The second kappa shape index (κ2) is 4.21. The molecule has 4 N–H and O–H groups in total. The van der Waals surface area contributed by atoms with Crippen molar-refractivity contribution in [3.8, 4) is 0 Å². The lowest BCUT2D eigenvalue weighted by atomic mass is 10.2. The Hall–Kier alpha value is -2.71. The summed E-state index contributed by atoms with van der Waals surface area (Å²) in [6.45, 7) is 0. The molecule has 0 aliphatic heterocycles. The Bertz CT molecular complexity index is 447. The number of hydrogen-bond acceptors (Lipinski definition) is 5. The molecule has 0 saturated heterocycles. The fourth-order valence-corrected chi connectivity index (χ4v) is 1.06. The summed E-state index contributed by atoms with van der Waals surface area (Å²) in [4.78, 5) is 23.0. The molecule has 0 heterocycles. The number of para-hydroxylation sites is 1. The van der Waals surface area contributed by atoms with Crippen LogP contribution in [0.4, 0.5) is 17.1 Å². The number of rotatable bonds is 3. The van der Waals surface area contributed by atoms with Gasteiger partial charge in [0.1, 0.15) is 0 Å². The van der Waals surface area contributed by atoms with Crippen LogP contribution in [-0.2, 0) is 0 Å². The van der Waals surface area contributed by atoms with Gasteiger partial charge in [0.05, 0.1) is 9.85 Å². The van der Waals surface area contributed by atoms with Gasteiger partial charge in [0, 0.05) is 12.1 Å². The molecule has 0 fully saturated rings. The van der Waals surface area contributed by atoms with E-state index in [2.05, 4.69) is 4.99 Å². The Morgan fingerprint density at radius 1 is 1.12 bits per heavy atom. The molecule has 0 aromatic heterocycles. The smallest absolute Gasteiger partial charge is 0.302 e. The van der Waals surface area contributed by atoms with E-state index in [1.807, 2.05) is 0 Å².